The maximum Gasteiger partial charge on any atom is 0.336 e. The van der Waals surface area contributed by atoms with Gasteiger partial charge in [-0.1, -0.05) is 6.07 Å². The minimum atomic E-state index is -3.99. The topological polar surface area (TPSA) is 226 Å². The van der Waals surface area contributed by atoms with Crippen LogP contribution in [0.4, 0.5) is 5.69 Å². The van der Waals surface area contributed by atoms with Gasteiger partial charge < -0.3 is 14.4 Å². The smallest absolute Gasteiger partial charge is 0.336 e. The number of ketones is 1. The van der Waals surface area contributed by atoms with Gasteiger partial charge in [0.2, 0.25) is 5.36 Å². The number of imide groups is 1. The van der Waals surface area contributed by atoms with Crippen molar-refractivity contribution in [2.75, 3.05) is 88.4 Å². The molecular formula is C44H52N5O12S2+. The van der Waals surface area contributed by atoms with Crippen molar-refractivity contribution in [3.63, 3.8) is 0 Å². The quantitative estimate of drug-likeness (QED) is 0.0325. The molecule has 0 radical (unpaired) electrons. The molecule has 2 aromatic carbocycles. The van der Waals surface area contributed by atoms with Gasteiger partial charge in [0.25, 0.3) is 32.1 Å². The van der Waals surface area contributed by atoms with Gasteiger partial charge in [-0.25, -0.2) is 9.37 Å². The number of rotatable bonds is 18. The number of carbonyl (C=O) groups excluding carboxylic acids is 3. The number of amides is 2. The van der Waals surface area contributed by atoms with Crippen LogP contribution in [-0.4, -0.2) is 153 Å². The van der Waals surface area contributed by atoms with Gasteiger partial charge in [-0.05, 0) is 81.1 Å². The summed E-state index contributed by atoms with van der Waals surface area (Å²) in [6, 6.07) is 16.2. The summed E-state index contributed by atoms with van der Waals surface area (Å²) in [6.45, 7) is 7.28. The fourth-order valence-corrected chi connectivity index (χ4v) is 9.69. The number of piperazine rings is 2. The lowest BCUT2D eigenvalue weighted by Crippen LogP contribution is -2.48. The first-order valence-electron chi connectivity index (χ1n) is 21.2. The molecule has 2 fully saturated rings. The summed E-state index contributed by atoms with van der Waals surface area (Å²) in [4.78, 5) is 58.4. The molecule has 1 aliphatic carbocycles. The van der Waals surface area contributed by atoms with Crippen LogP contribution in [0.3, 0.4) is 0 Å². The van der Waals surface area contributed by atoms with Crippen molar-refractivity contribution < 1.29 is 54.6 Å². The van der Waals surface area contributed by atoms with Crippen molar-refractivity contribution in [1.29, 1.82) is 0 Å². The molecule has 0 atom stereocenters. The van der Waals surface area contributed by atoms with Gasteiger partial charge in [0, 0.05) is 91.2 Å². The van der Waals surface area contributed by atoms with Gasteiger partial charge in [0.1, 0.15) is 11.3 Å². The number of aromatic carboxylic acids is 1. The molecule has 5 aliphatic rings. The second-order valence-electron chi connectivity index (χ2n) is 16.2. The Balaban J connectivity index is 1.20. The molecule has 17 nitrogen and oxygen atoms in total. The summed E-state index contributed by atoms with van der Waals surface area (Å²) in [5.41, 5.74) is 3.25. The Hall–Kier alpha value is -5.31. The van der Waals surface area contributed by atoms with Crippen LogP contribution in [0.15, 0.2) is 71.2 Å². The third kappa shape index (κ3) is 11.6. The molecule has 7 rings (SSSR count). The van der Waals surface area contributed by atoms with Gasteiger partial charge in [-0.2, -0.15) is 16.8 Å². The summed E-state index contributed by atoms with van der Waals surface area (Å²) in [5.74, 6) is -2.31. The largest absolute Gasteiger partial charge is 0.478 e. The van der Waals surface area contributed by atoms with Crippen molar-refractivity contribution in [2.45, 2.75) is 38.5 Å². The number of anilines is 1. The van der Waals surface area contributed by atoms with E-state index < -0.39 is 38.0 Å². The first-order valence-corrected chi connectivity index (χ1v) is 24.4. The van der Waals surface area contributed by atoms with Crippen LogP contribution in [0.2, 0.25) is 0 Å². The Morgan fingerprint density at radius 3 is 1.94 bits per heavy atom. The Morgan fingerprint density at radius 1 is 0.683 bits per heavy atom. The number of benzene rings is 3. The average Bonchev–Trinajstić information content (AvgIpc) is 3.57. The monoisotopic (exact) mass is 906 g/mol. The fourth-order valence-electron chi connectivity index (χ4n) is 8.55. The summed E-state index contributed by atoms with van der Waals surface area (Å²) >= 11 is 0. The summed E-state index contributed by atoms with van der Waals surface area (Å²) < 4.78 is 71.6. The SMILES string of the molecule is O=C(CCCN1C(=O)C=CC1=O)c1ccc(C(=O)O)c(-c2c3ccc(=[N+]4CCN(CCCCS(=O)(=O)O)CC4)cc-3oc3cc(N4CCN(CCCCS(=O)(=O)O)CC4)ccc23)c1. The van der Waals surface area contributed by atoms with E-state index in [1.807, 2.05) is 36.4 Å². The highest BCUT2D eigenvalue weighted by atomic mass is 32.2. The molecule has 0 aromatic heterocycles. The van der Waals surface area contributed by atoms with E-state index in [1.165, 1.54) is 24.3 Å². The lowest BCUT2D eigenvalue weighted by Gasteiger charge is -2.36. The third-order valence-corrected chi connectivity index (χ3v) is 13.6. The van der Waals surface area contributed by atoms with Crippen LogP contribution in [0.5, 0.6) is 0 Å². The molecule has 4 heterocycles. The fraction of sp³-hybridized carbons (Fsp3) is 0.432. The third-order valence-electron chi connectivity index (χ3n) is 11.9. The maximum absolute atomic E-state index is 13.6. The van der Waals surface area contributed by atoms with E-state index >= 15 is 0 Å². The lowest BCUT2D eigenvalue weighted by atomic mass is 9.88. The first-order chi connectivity index (χ1) is 30.0. The van der Waals surface area contributed by atoms with Crippen LogP contribution in [0.1, 0.15) is 59.2 Å². The highest BCUT2D eigenvalue weighted by molar-refractivity contribution is 7.86. The standard InChI is InChI=1S/C44H51N5O12S2/c50-38(6-5-17-49-41(51)13-14-42(49)52)31-7-10-34(44(53)54)37(28-31)43-35-11-8-32(47-22-18-45(19-23-47)15-1-3-26-62(55,56)57)29-39(35)61-40-30-33(9-12-36(40)43)48-24-20-46(21-25-48)16-2-4-27-63(58,59)60/h7-14,28-30H,1-6,15-27H2,(H2-,53,54,55,56,57,58,59,60)/p+1. The zero-order chi connectivity index (χ0) is 44.9. The molecule has 63 heavy (non-hydrogen) atoms. The number of fused-ring (bicyclic) bond motifs is 2. The minimum Gasteiger partial charge on any atom is -0.478 e. The van der Waals surface area contributed by atoms with E-state index in [-0.39, 0.29) is 47.8 Å². The zero-order valence-corrected chi connectivity index (χ0v) is 36.5. The predicted molar refractivity (Wildman–Crippen MR) is 236 cm³/mol. The Labute approximate surface area is 365 Å². The number of Topliss-reactive ketones (excluding diaryl/α,β-unsaturated/α-hetero) is 1. The molecule has 336 valence electrons. The van der Waals surface area contributed by atoms with Gasteiger partial charge in [0.15, 0.2) is 18.9 Å². The Bertz CT molecular complexity index is 2680. The Kier molecular flexibility index (Phi) is 14.2. The number of carboxylic acids is 1. The van der Waals surface area contributed by atoms with Crippen molar-refractivity contribution in [3.05, 3.63) is 83.2 Å². The van der Waals surface area contributed by atoms with Gasteiger partial charge in [0.05, 0.1) is 36.2 Å². The highest BCUT2D eigenvalue weighted by Gasteiger charge is 2.27. The maximum atomic E-state index is 13.6. The van der Waals surface area contributed by atoms with E-state index in [0.717, 1.165) is 42.1 Å². The molecule has 0 saturated carbocycles. The molecule has 2 aromatic rings. The molecular weight excluding hydrogens is 855 g/mol. The number of hydrogen-bond donors (Lipinski definition) is 3. The van der Waals surface area contributed by atoms with Crippen molar-refractivity contribution >= 4 is 60.5 Å². The summed E-state index contributed by atoms with van der Waals surface area (Å²) in [6.07, 6.45) is 4.69. The number of nitrogens with zero attached hydrogens (tertiary/aromatic N) is 5. The minimum absolute atomic E-state index is 0.00624. The molecule has 2 saturated heterocycles. The summed E-state index contributed by atoms with van der Waals surface area (Å²) in [7, 11) is -7.98. The van der Waals surface area contributed by atoms with E-state index in [2.05, 4.69) is 19.3 Å². The van der Waals surface area contributed by atoms with E-state index in [1.54, 1.807) is 6.07 Å². The summed E-state index contributed by atoms with van der Waals surface area (Å²) in [5, 5.41) is 12.1. The second-order valence-corrected chi connectivity index (χ2v) is 19.4. The number of carbonyl (C=O) groups is 4. The molecule has 2 amide bonds. The molecule has 3 N–H and O–H groups in total. The number of unbranched alkanes of at least 4 members (excludes halogenated alkanes) is 2. The predicted octanol–water partition coefficient (Wildman–Crippen LogP) is 3.34. The van der Waals surface area contributed by atoms with Crippen LogP contribution in [0.25, 0.3) is 33.4 Å². The number of carboxylic acid groups (broad SMARTS) is 1. The molecule has 0 bridgehead atoms. The van der Waals surface area contributed by atoms with Crippen molar-refractivity contribution in [2.24, 2.45) is 0 Å². The average molecular weight is 907 g/mol. The molecule has 19 heteroatoms. The highest BCUT2D eigenvalue weighted by Crippen LogP contribution is 2.42. The second kappa shape index (κ2) is 19.6. The van der Waals surface area contributed by atoms with E-state index in [4.69, 9.17) is 13.5 Å². The van der Waals surface area contributed by atoms with Crippen LogP contribution >= 0.6 is 0 Å². The van der Waals surface area contributed by atoms with Crippen molar-refractivity contribution in [3.8, 4) is 22.5 Å². The zero-order valence-electron chi connectivity index (χ0n) is 34.9. The molecule has 0 unspecified atom stereocenters. The van der Waals surface area contributed by atoms with Crippen LogP contribution in [0, 0.1) is 0 Å². The normalized spacial score (nSPS) is 16.8. The lowest BCUT2D eigenvalue weighted by molar-refractivity contribution is -0.136. The van der Waals surface area contributed by atoms with E-state index in [0.29, 0.717) is 98.4 Å². The number of hydrogen-bond acceptors (Lipinski definition) is 12. The first kappa shape index (κ1) is 45.7. The van der Waals surface area contributed by atoms with Gasteiger partial charge in [-0.3, -0.25) is 38.2 Å². The molecule has 0 spiro atoms. The Morgan fingerprint density at radius 2 is 1.32 bits per heavy atom. The van der Waals surface area contributed by atoms with Crippen LogP contribution in [-0.2, 0) is 29.8 Å². The molecule has 4 aliphatic heterocycles. The van der Waals surface area contributed by atoms with Crippen molar-refractivity contribution in [1.82, 2.24) is 19.3 Å². The van der Waals surface area contributed by atoms with Gasteiger partial charge in [-0.15, -0.1) is 0 Å². The van der Waals surface area contributed by atoms with Gasteiger partial charge >= 0.3 is 5.97 Å². The van der Waals surface area contributed by atoms with E-state index in [9.17, 15) is 41.1 Å². The van der Waals surface area contributed by atoms with Crippen LogP contribution < -0.4 is 14.8 Å².